The third-order valence-corrected chi connectivity index (χ3v) is 2.55. The molecule has 0 aliphatic carbocycles. The van der Waals surface area contributed by atoms with E-state index in [1.807, 2.05) is 0 Å². The van der Waals surface area contributed by atoms with Crippen molar-refractivity contribution in [2.45, 2.75) is 19.8 Å². The minimum atomic E-state index is -0.132. The summed E-state index contributed by atoms with van der Waals surface area (Å²) in [5, 5.41) is -0.132. The Labute approximate surface area is 104 Å². The van der Waals surface area contributed by atoms with Gasteiger partial charge in [0.2, 0.25) is 0 Å². The van der Waals surface area contributed by atoms with Crippen molar-refractivity contribution in [1.82, 2.24) is 0 Å². The zero-order valence-electron chi connectivity index (χ0n) is 10.1. The molecule has 0 heterocycles. The van der Waals surface area contributed by atoms with Crippen molar-refractivity contribution in [3.63, 3.8) is 0 Å². The van der Waals surface area contributed by atoms with Crippen molar-refractivity contribution >= 4 is 17.1 Å². The molecule has 0 fully saturated rings. The predicted molar refractivity (Wildman–Crippen MR) is 61.6 cm³/mol. The Balaban J connectivity index is 0. The predicted octanol–water partition coefficient (Wildman–Crippen LogP) is -0.633. The lowest BCUT2D eigenvalue weighted by Gasteiger charge is -2.23. The maximum atomic E-state index is 11.1. The molecule has 15 heavy (non-hydrogen) atoms. The number of thioether (sulfide) groups is 1. The van der Waals surface area contributed by atoms with E-state index >= 15 is 0 Å². The number of ether oxygens (including phenoxy) is 1. The van der Waals surface area contributed by atoms with E-state index in [1.165, 1.54) is 11.8 Å². The van der Waals surface area contributed by atoms with E-state index in [-0.39, 0.29) is 17.7 Å². The van der Waals surface area contributed by atoms with Crippen LogP contribution in [0.15, 0.2) is 0 Å². The lowest BCUT2D eigenvalue weighted by Crippen LogP contribution is -3.00. The smallest absolute Gasteiger partial charge is 0.367 e. The molecule has 0 aliphatic rings. The molecule has 3 nitrogen and oxygen atoms in total. The Morgan fingerprint density at radius 2 is 1.93 bits per heavy atom. The van der Waals surface area contributed by atoms with Crippen molar-refractivity contribution in [3.05, 3.63) is 0 Å². The second kappa shape index (κ2) is 9.31. The van der Waals surface area contributed by atoms with Gasteiger partial charge in [0.25, 0.3) is 0 Å². The zero-order chi connectivity index (χ0) is 11.0. The average Bonchev–Trinajstić information content (AvgIpc) is 2.02. The van der Waals surface area contributed by atoms with Crippen LogP contribution < -0.4 is 12.4 Å². The molecule has 0 aromatic carbocycles. The summed E-state index contributed by atoms with van der Waals surface area (Å²) >= 11 is 1.28. The monoisotopic (exact) mass is 255 g/mol. The van der Waals surface area contributed by atoms with Gasteiger partial charge in [-0.2, -0.15) is 0 Å². The summed E-state index contributed by atoms with van der Waals surface area (Å²) < 4.78 is 5.90. The second-order valence-corrected chi connectivity index (χ2v) is 5.34. The van der Waals surface area contributed by atoms with Crippen LogP contribution in [0.25, 0.3) is 0 Å². The summed E-state index contributed by atoms with van der Waals surface area (Å²) in [5.41, 5.74) is 0. The number of halogens is 1. The molecule has 0 amide bonds. The van der Waals surface area contributed by atoms with Crippen LogP contribution in [0.3, 0.4) is 0 Å². The van der Waals surface area contributed by atoms with Crippen molar-refractivity contribution < 1.29 is 26.4 Å². The number of unbranched alkanes of at least 4 members (excludes halogenated alkanes) is 1. The minimum absolute atomic E-state index is 0. The number of nitrogens with zero attached hydrogens (tertiary/aromatic N) is 1. The fourth-order valence-corrected chi connectivity index (χ4v) is 1.51. The molecule has 92 valence electrons. The van der Waals surface area contributed by atoms with Crippen LogP contribution in [0, 0.1) is 0 Å². The first-order valence-corrected chi connectivity index (χ1v) is 6.04. The van der Waals surface area contributed by atoms with E-state index in [2.05, 4.69) is 28.1 Å². The lowest BCUT2D eigenvalue weighted by molar-refractivity contribution is -0.870. The number of quaternary nitrogens is 1. The fraction of sp³-hybridized carbons (Fsp3) is 0.900. The van der Waals surface area contributed by atoms with Crippen molar-refractivity contribution in [1.29, 1.82) is 0 Å². The van der Waals surface area contributed by atoms with Crippen molar-refractivity contribution in [2.24, 2.45) is 0 Å². The fourth-order valence-electron chi connectivity index (χ4n) is 0.744. The maximum absolute atomic E-state index is 11.1. The molecule has 0 aliphatic heterocycles. The van der Waals surface area contributed by atoms with Crippen LogP contribution in [-0.2, 0) is 4.74 Å². The summed E-state index contributed by atoms with van der Waals surface area (Å²) in [7, 11) is 6.24. The molecular formula is C10H22ClNO2S. The van der Waals surface area contributed by atoms with Crippen LogP contribution in [-0.4, -0.2) is 49.8 Å². The summed E-state index contributed by atoms with van der Waals surface area (Å²) in [4.78, 5) is 11.1. The summed E-state index contributed by atoms with van der Waals surface area (Å²) in [6.45, 7) is 3.49. The highest BCUT2D eigenvalue weighted by Crippen LogP contribution is 2.08. The van der Waals surface area contributed by atoms with Crippen molar-refractivity contribution in [2.75, 3.05) is 40.0 Å². The third-order valence-electron chi connectivity index (χ3n) is 1.70. The van der Waals surface area contributed by atoms with Gasteiger partial charge in [0.15, 0.2) is 0 Å². The van der Waals surface area contributed by atoms with Gasteiger partial charge in [-0.3, -0.25) is 0 Å². The Kier molecular flexibility index (Phi) is 10.8. The van der Waals surface area contributed by atoms with Gasteiger partial charge in [-0.1, -0.05) is 13.3 Å². The zero-order valence-corrected chi connectivity index (χ0v) is 11.7. The van der Waals surface area contributed by atoms with E-state index in [0.29, 0.717) is 6.61 Å². The van der Waals surface area contributed by atoms with E-state index in [9.17, 15) is 4.79 Å². The van der Waals surface area contributed by atoms with E-state index in [4.69, 9.17) is 4.74 Å². The van der Waals surface area contributed by atoms with Gasteiger partial charge in [0.1, 0.15) is 13.2 Å². The van der Waals surface area contributed by atoms with Crippen LogP contribution in [0.2, 0.25) is 0 Å². The quantitative estimate of drug-likeness (QED) is 0.359. The molecule has 0 spiro atoms. The molecule has 0 rings (SSSR count). The number of hydrogen-bond acceptors (Lipinski definition) is 3. The van der Waals surface area contributed by atoms with Crippen molar-refractivity contribution in [3.8, 4) is 0 Å². The number of carbonyl (C=O) groups is 1. The molecule has 0 radical (unpaired) electrons. The third kappa shape index (κ3) is 14.1. The maximum Gasteiger partial charge on any atom is 0.367 e. The summed E-state index contributed by atoms with van der Waals surface area (Å²) in [5.74, 6) is 0.875. The van der Waals surface area contributed by atoms with Crippen LogP contribution >= 0.6 is 11.8 Å². The van der Waals surface area contributed by atoms with Crippen LogP contribution in [0.1, 0.15) is 19.8 Å². The van der Waals surface area contributed by atoms with E-state index in [0.717, 1.165) is 29.6 Å². The Hall–Kier alpha value is 0.0700. The molecule has 0 bridgehead atoms. The highest BCUT2D eigenvalue weighted by Gasteiger charge is 2.09. The van der Waals surface area contributed by atoms with Gasteiger partial charge >= 0.3 is 5.30 Å². The van der Waals surface area contributed by atoms with Gasteiger partial charge in [-0.25, -0.2) is 4.79 Å². The standard InChI is InChI=1S/C10H22NO2S.ClH/c1-5-6-9-14-10(12)13-8-7-11(2,3)4;/h5-9H2,1-4H3;1H/q+1;/p-1. The van der Waals surface area contributed by atoms with Crippen LogP contribution in [0.5, 0.6) is 0 Å². The Morgan fingerprint density at radius 3 is 2.40 bits per heavy atom. The summed E-state index contributed by atoms with van der Waals surface area (Å²) in [6.07, 6.45) is 2.20. The molecular weight excluding hydrogens is 234 g/mol. The summed E-state index contributed by atoms with van der Waals surface area (Å²) in [6, 6.07) is 0. The second-order valence-electron chi connectivity index (χ2n) is 4.31. The average molecular weight is 256 g/mol. The van der Waals surface area contributed by atoms with E-state index < -0.39 is 0 Å². The van der Waals surface area contributed by atoms with Gasteiger partial charge in [0, 0.05) is 5.75 Å². The SMILES string of the molecule is CCCCSC(=O)OCC[N+](C)(C)C.[Cl-]. The molecule has 0 atom stereocenters. The first-order chi connectivity index (χ1) is 6.45. The number of rotatable bonds is 6. The van der Waals surface area contributed by atoms with Gasteiger partial charge in [-0.05, 0) is 18.2 Å². The van der Waals surface area contributed by atoms with Gasteiger partial charge in [0.05, 0.1) is 21.1 Å². The topological polar surface area (TPSA) is 26.3 Å². The molecule has 0 unspecified atom stereocenters. The van der Waals surface area contributed by atoms with Crippen LogP contribution in [0.4, 0.5) is 4.79 Å². The highest BCUT2D eigenvalue weighted by atomic mass is 35.5. The largest absolute Gasteiger partial charge is 1.00 e. The molecule has 0 N–H and O–H groups in total. The molecule has 0 aromatic rings. The normalized spacial score (nSPS) is 10.7. The first-order valence-electron chi connectivity index (χ1n) is 5.05. The molecule has 5 heteroatoms. The molecule has 0 aromatic heterocycles. The number of likely N-dealkylation sites (N-methyl/N-ethyl adjacent to an activating group) is 1. The van der Waals surface area contributed by atoms with Gasteiger partial charge in [-0.15, -0.1) is 0 Å². The Bertz CT molecular complexity index is 171. The molecule has 0 saturated heterocycles. The van der Waals surface area contributed by atoms with E-state index in [1.54, 1.807) is 0 Å². The Morgan fingerprint density at radius 1 is 1.33 bits per heavy atom. The first kappa shape index (κ1) is 17.5. The molecule has 0 saturated carbocycles. The number of hydrogen-bond donors (Lipinski definition) is 0. The number of carbonyl (C=O) groups excluding carboxylic acids is 1. The lowest BCUT2D eigenvalue weighted by atomic mass is 10.4. The van der Waals surface area contributed by atoms with Gasteiger partial charge < -0.3 is 21.6 Å². The highest BCUT2D eigenvalue weighted by molar-refractivity contribution is 8.13. The minimum Gasteiger partial charge on any atom is -1.00 e.